The minimum Gasteiger partial charge on any atom is -0.378 e. The summed E-state index contributed by atoms with van der Waals surface area (Å²) in [5.41, 5.74) is 3.08. The molecule has 0 spiro atoms. The molecule has 3 heterocycles. The fraction of sp³-hybridized carbons (Fsp3) is 0.429. The number of piperidine rings is 1. The summed E-state index contributed by atoms with van der Waals surface area (Å²) >= 11 is 0. The summed E-state index contributed by atoms with van der Waals surface area (Å²) in [6, 6.07) is 14.6. The van der Waals surface area contributed by atoms with Crippen LogP contribution in [0.3, 0.4) is 0 Å². The fourth-order valence-corrected chi connectivity index (χ4v) is 3.80. The SMILES string of the molecule is N#Cc1ccc(N2CCC[C@@H](Nc3cc(N4CCOCC4)ccn3)C2)cc1. The first-order chi connectivity index (χ1) is 13.3. The summed E-state index contributed by atoms with van der Waals surface area (Å²) in [5, 5.41) is 12.6. The number of hydrogen-bond acceptors (Lipinski definition) is 6. The molecule has 1 atom stereocenters. The van der Waals surface area contributed by atoms with Gasteiger partial charge in [-0.25, -0.2) is 4.98 Å². The highest BCUT2D eigenvalue weighted by Gasteiger charge is 2.21. The molecule has 0 amide bonds. The molecular weight excluding hydrogens is 338 g/mol. The van der Waals surface area contributed by atoms with E-state index in [1.54, 1.807) is 0 Å². The van der Waals surface area contributed by atoms with Crippen LogP contribution in [-0.4, -0.2) is 50.4 Å². The van der Waals surface area contributed by atoms with Crippen molar-refractivity contribution in [2.75, 3.05) is 54.5 Å². The molecule has 6 heteroatoms. The standard InChI is InChI=1S/C21H25N5O/c22-15-17-3-5-19(6-4-17)26-9-1-2-18(16-26)24-21-14-20(7-8-23-21)25-10-12-27-13-11-25/h3-8,14,18H,1-2,9-13,16H2,(H,23,24)/t18-/m1/s1. The van der Waals surface area contributed by atoms with Crippen LogP contribution in [0.2, 0.25) is 0 Å². The lowest BCUT2D eigenvalue weighted by Crippen LogP contribution is -2.42. The molecule has 2 aromatic rings. The van der Waals surface area contributed by atoms with Gasteiger partial charge in [0, 0.05) is 55.9 Å². The van der Waals surface area contributed by atoms with Crippen LogP contribution in [0.4, 0.5) is 17.2 Å². The molecule has 1 aromatic heterocycles. The highest BCUT2D eigenvalue weighted by Crippen LogP contribution is 2.24. The highest BCUT2D eigenvalue weighted by atomic mass is 16.5. The Bertz CT molecular complexity index is 795. The van der Waals surface area contributed by atoms with Crippen molar-refractivity contribution in [2.45, 2.75) is 18.9 Å². The molecule has 2 fully saturated rings. The maximum atomic E-state index is 8.97. The van der Waals surface area contributed by atoms with Gasteiger partial charge >= 0.3 is 0 Å². The molecule has 4 rings (SSSR count). The van der Waals surface area contributed by atoms with Gasteiger partial charge in [-0.15, -0.1) is 0 Å². The average molecular weight is 363 g/mol. The van der Waals surface area contributed by atoms with Crippen molar-refractivity contribution in [2.24, 2.45) is 0 Å². The van der Waals surface area contributed by atoms with Gasteiger partial charge in [-0.2, -0.15) is 5.26 Å². The van der Waals surface area contributed by atoms with E-state index in [-0.39, 0.29) is 0 Å². The zero-order chi connectivity index (χ0) is 18.5. The third-order valence-corrected chi connectivity index (χ3v) is 5.25. The quantitative estimate of drug-likeness (QED) is 0.901. The normalized spacial score (nSPS) is 20.2. The molecular formula is C21H25N5O. The van der Waals surface area contributed by atoms with Crippen LogP contribution in [-0.2, 0) is 4.74 Å². The van der Waals surface area contributed by atoms with Crippen molar-refractivity contribution in [3.05, 3.63) is 48.2 Å². The Morgan fingerprint density at radius 3 is 2.63 bits per heavy atom. The molecule has 140 valence electrons. The van der Waals surface area contributed by atoms with Crippen molar-refractivity contribution in [1.29, 1.82) is 5.26 Å². The number of morpholine rings is 1. The van der Waals surface area contributed by atoms with E-state index in [2.05, 4.69) is 38.3 Å². The third kappa shape index (κ3) is 4.32. The van der Waals surface area contributed by atoms with Gasteiger partial charge < -0.3 is 19.9 Å². The van der Waals surface area contributed by atoms with E-state index < -0.39 is 0 Å². The molecule has 0 radical (unpaired) electrons. The van der Waals surface area contributed by atoms with Crippen molar-refractivity contribution in [3.8, 4) is 6.07 Å². The van der Waals surface area contributed by atoms with Crippen LogP contribution >= 0.6 is 0 Å². The van der Waals surface area contributed by atoms with E-state index in [1.165, 1.54) is 11.4 Å². The maximum Gasteiger partial charge on any atom is 0.128 e. The lowest BCUT2D eigenvalue weighted by molar-refractivity contribution is 0.122. The Balaban J connectivity index is 1.41. The summed E-state index contributed by atoms with van der Waals surface area (Å²) in [5.74, 6) is 0.936. The third-order valence-electron chi connectivity index (χ3n) is 5.25. The Labute approximate surface area is 160 Å². The Hall–Kier alpha value is -2.78. The fourth-order valence-electron chi connectivity index (χ4n) is 3.80. The number of nitriles is 1. The van der Waals surface area contributed by atoms with E-state index in [9.17, 15) is 0 Å². The van der Waals surface area contributed by atoms with Gasteiger partial charge in [-0.3, -0.25) is 0 Å². The summed E-state index contributed by atoms with van der Waals surface area (Å²) in [4.78, 5) is 9.26. The average Bonchev–Trinajstić information content (AvgIpc) is 2.75. The van der Waals surface area contributed by atoms with Crippen molar-refractivity contribution in [1.82, 2.24) is 4.98 Å². The van der Waals surface area contributed by atoms with Crippen LogP contribution in [0.5, 0.6) is 0 Å². The number of aromatic nitrogens is 1. The van der Waals surface area contributed by atoms with Crippen molar-refractivity contribution in [3.63, 3.8) is 0 Å². The minimum absolute atomic E-state index is 0.363. The molecule has 1 aromatic carbocycles. The van der Waals surface area contributed by atoms with Gasteiger partial charge in [0.25, 0.3) is 0 Å². The summed E-state index contributed by atoms with van der Waals surface area (Å²) in [6.07, 6.45) is 4.16. The highest BCUT2D eigenvalue weighted by molar-refractivity contribution is 5.55. The zero-order valence-corrected chi connectivity index (χ0v) is 15.5. The van der Waals surface area contributed by atoms with E-state index in [1.807, 2.05) is 30.5 Å². The predicted octanol–water partition coefficient (Wildman–Crippen LogP) is 2.87. The van der Waals surface area contributed by atoms with Crippen LogP contribution in [0, 0.1) is 11.3 Å². The van der Waals surface area contributed by atoms with Gasteiger partial charge in [0.05, 0.1) is 24.8 Å². The van der Waals surface area contributed by atoms with E-state index >= 15 is 0 Å². The predicted molar refractivity (Wildman–Crippen MR) is 107 cm³/mol. The number of benzene rings is 1. The second-order valence-corrected chi connectivity index (χ2v) is 7.09. The molecule has 6 nitrogen and oxygen atoms in total. The maximum absolute atomic E-state index is 8.97. The first-order valence-electron chi connectivity index (χ1n) is 9.62. The zero-order valence-electron chi connectivity index (χ0n) is 15.5. The molecule has 2 aliphatic rings. The van der Waals surface area contributed by atoms with E-state index in [0.717, 1.165) is 58.1 Å². The number of nitrogens with one attached hydrogen (secondary N) is 1. The molecule has 0 aliphatic carbocycles. The van der Waals surface area contributed by atoms with Crippen LogP contribution in [0.15, 0.2) is 42.6 Å². The molecule has 0 bridgehead atoms. The summed E-state index contributed by atoms with van der Waals surface area (Å²) in [6.45, 7) is 5.42. The Morgan fingerprint density at radius 1 is 1.04 bits per heavy atom. The number of pyridine rings is 1. The lowest BCUT2D eigenvalue weighted by atomic mass is 10.0. The molecule has 0 saturated carbocycles. The molecule has 2 aliphatic heterocycles. The Morgan fingerprint density at radius 2 is 1.85 bits per heavy atom. The minimum atomic E-state index is 0.363. The molecule has 1 N–H and O–H groups in total. The smallest absolute Gasteiger partial charge is 0.128 e. The molecule has 0 unspecified atom stereocenters. The number of hydrogen-bond donors (Lipinski definition) is 1. The second-order valence-electron chi connectivity index (χ2n) is 7.09. The van der Waals surface area contributed by atoms with E-state index in [0.29, 0.717) is 11.6 Å². The van der Waals surface area contributed by atoms with Crippen molar-refractivity contribution < 1.29 is 4.74 Å². The van der Waals surface area contributed by atoms with Gasteiger partial charge in [0.2, 0.25) is 0 Å². The van der Waals surface area contributed by atoms with Crippen molar-refractivity contribution >= 4 is 17.2 Å². The summed E-state index contributed by atoms with van der Waals surface area (Å²) < 4.78 is 5.45. The second kappa shape index (κ2) is 8.28. The number of nitrogens with zero attached hydrogens (tertiary/aromatic N) is 4. The largest absolute Gasteiger partial charge is 0.378 e. The molecule has 27 heavy (non-hydrogen) atoms. The number of ether oxygens (including phenoxy) is 1. The Kier molecular flexibility index (Phi) is 5.40. The topological polar surface area (TPSA) is 64.4 Å². The number of rotatable bonds is 4. The lowest BCUT2D eigenvalue weighted by Gasteiger charge is -2.35. The van der Waals surface area contributed by atoms with Gasteiger partial charge in [0.15, 0.2) is 0 Å². The van der Waals surface area contributed by atoms with Gasteiger partial charge in [-0.05, 0) is 43.2 Å². The van der Waals surface area contributed by atoms with Crippen LogP contribution < -0.4 is 15.1 Å². The number of anilines is 3. The van der Waals surface area contributed by atoms with Gasteiger partial charge in [0.1, 0.15) is 5.82 Å². The first kappa shape index (κ1) is 17.6. The summed E-state index contributed by atoms with van der Waals surface area (Å²) in [7, 11) is 0. The van der Waals surface area contributed by atoms with Crippen LogP contribution in [0.1, 0.15) is 18.4 Å². The van der Waals surface area contributed by atoms with Gasteiger partial charge in [-0.1, -0.05) is 0 Å². The monoisotopic (exact) mass is 363 g/mol. The van der Waals surface area contributed by atoms with Crippen LogP contribution in [0.25, 0.3) is 0 Å². The first-order valence-corrected chi connectivity index (χ1v) is 9.62. The molecule has 2 saturated heterocycles. The van der Waals surface area contributed by atoms with E-state index in [4.69, 9.17) is 10.00 Å².